The molecule has 0 saturated carbocycles. The van der Waals surface area contributed by atoms with E-state index < -0.39 is 0 Å². The molecule has 106 valence electrons. The van der Waals surface area contributed by atoms with Crippen molar-refractivity contribution in [2.24, 2.45) is 0 Å². The van der Waals surface area contributed by atoms with Crippen LogP contribution in [0.5, 0.6) is 0 Å². The number of rotatable bonds is 6. The lowest BCUT2D eigenvalue weighted by Gasteiger charge is -1.99. The number of aryl methyl sites for hydroxylation is 1. The molecule has 3 aromatic rings. The van der Waals surface area contributed by atoms with Crippen LogP contribution in [0.3, 0.4) is 0 Å². The Labute approximate surface area is 128 Å². The van der Waals surface area contributed by atoms with Gasteiger partial charge in [0.2, 0.25) is 5.89 Å². The van der Waals surface area contributed by atoms with E-state index in [0.717, 1.165) is 24.2 Å². The summed E-state index contributed by atoms with van der Waals surface area (Å²) >= 11 is 1.61. The number of nitrogens with zero attached hydrogens (tertiary/aromatic N) is 2. The van der Waals surface area contributed by atoms with E-state index in [-0.39, 0.29) is 0 Å². The average molecular weight is 296 g/mol. The highest BCUT2D eigenvalue weighted by Crippen LogP contribution is 2.23. The molecular formula is C17H16N2OS. The van der Waals surface area contributed by atoms with Gasteiger partial charge in [-0.3, -0.25) is 0 Å². The molecule has 0 radical (unpaired) electrons. The Hall–Kier alpha value is -2.07. The van der Waals surface area contributed by atoms with Gasteiger partial charge in [-0.2, -0.15) is 0 Å². The van der Waals surface area contributed by atoms with Crippen LogP contribution in [0.25, 0.3) is 11.5 Å². The van der Waals surface area contributed by atoms with E-state index in [0.29, 0.717) is 11.1 Å². The van der Waals surface area contributed by atoms with Gasteiger partial charge in [0.05, 0.1) is 0 Å². The molecule has 21 heavy (non-hydrogen) atoms. The van der Waals surface area contributed by atoms with Crippen LogP contribution < -0.4 is 0 Å². The van der Waals surface area contributed by atoms with E-state index in [9.17, 15) is 0 Å². The Bertz CT molecular complexity index is 668. The van der Waals surface area contributed by atoms with Crippen molar-refractivity contribution in [1.29, 1.82) is 0 Å². The van der Waals surface area contributed by atoms with Crippen LogP contribution in [0.2, 0.25) is 0 Å². The Balaban J connectivity index is 1.49. The van der Waals surface area contributed by atoms with Gasteiger partial charge in [-0.05, 0) is 30.5 Å². The SMILES string of the molecule is c1ccc(CCCSc2nnc(-c3ccccc3)o2)cc1. The van der Waals surface area contributed by atoms with Crippen molar-refractivity contribution >= 4 is 11.8 Å². The molecule has 2 aromatic carbocycles. The molecule has 3 rings (SSSR count). The van der Waals surface area contributed by atoms with E-state index in [4.69, 9.17) is 4.42 Å². The summed E-state index contributed by atoms with van der Waals surface area (Å²) in [6.07, 6.45) is 2.17. The quantitative estimate of drug-likeness (QED) is 0.497. The van der Waals surface area contributed by atoms with Gasteiger partial charge in [0.25, 0.3) is 5.22 Å². The predicted octanol–water partition coefficient (Wildman–Crippen LogP) is 4.46. The standard InChI is InChI=1S/C17H16N2OS/c1-3-8-14(9-4-1)10-7-13-21-17-19-18-16(20-17)15-11-5-2-6-12-15/h1-6,8-9,11-12H,7,10,13H2. The summed E-state index contributed by atoms with van der Waals surface area (Å²) in [5.41, 5.74) is 2.33. The number of hydrogen-bond acceptors (Lipinski definition) is 4. The molecule has 0 aliphatic carbocycles. The van der Waals surface area contributed by atoms with E-state index >= 15 is 0 Å². The van der Waals surface area contributed by atoms with Crippen molar-refractivity contribution in [3.05, 3.63) is 66.2 Å². The molecule has 0 fully saturated rings. The van der Waals surface area contributed by atoms with Crippen molar-refractivity contribution < 1.29 is 4.42 Å². The van der Waals surface area contributed by atoms with Crippen molar-refractivity contribution in [2.75, 3.05) is 5.75 Å². The van der Waals surface area contributed by atoms with Crippen molar-refractivity contribution in [3.8, 4) is 11.5 Å². The van der Waals surface area contributed by atoms with Gasteiger partial charge >= 0.3 is 0 Å². The molecule has 1 aromatic heterocycles. The zero-order valence-corrected chi connectivity index (χ0v) is 12.4. The van der Waals surface area contributed by atoms with Gasteiger partial charge in [-0.15, -0.1) is 10.2 Å². The van der Waals surface area contributed by atoms with Crippen LogP contribution in [0, 0.1) is 0 Å². The average Bonchev–Trinajstić information content (AvgIpc) is 3.02. The highest BCUT2D eigenvalue weighted by molar-refractivity contribution is 7.99. The summed E-state index contributed by atoms with van der Waals surface area (Å²) < 4.78 is 5.66. The zero-order chi connectivity index (χ0) is 14.3. The second-order valence-corrected chi connectivity index (χ2v) is 5.72. The van der Waals surface area contributed by atoms with Crippen LogP contribution in [0.15, 0.2) is 70.3 Å². The summed E-state index contributed by atoms with van der Waals surface area (Å²) in [4.78, 5) is 0. The third kappa shape index (κ3) is 3.95. The fraction of sp³-hybridized carbons (Fsp3) is 0.176. The third-order valence-electron chi connectivity index (χ3n) is 3.11. The fourth-order valence-electron chi connectivity index (χ4n) is 2.05. The largest absolute Gasteiger partial charge is 0.411 e. The van der Waals surface area contributed by atoms with Crippen LogP contribution in [0.1, 0.15) is 12.0 Å². The predicted molar refractivity (Wildman–Crippen MR) is 85.2 cm³/mol. The lowest BCUT2D eigenvalue weighted by atomic mass is 10.1. The molecule has 0 unspecified atom stereocenters. The second-order valence-electron chi connectivity index (χ2n) is 4.68. The summed E-state index contributed by atoms with van der Waals surface area (Å²) in [5.74, 6) is 1.56. The van der Waals surface area contributed by atoms with Gasteiger partial charge in [-0.25, -0.2) is 0 Å². The fourth-order valence-corrected chi connectivity index (χ4v) is 2.75. The molecule has 0 bridgehead atoms. The minimum atomic E-state index is 0.584. The summed E-state index contributed by atoms with van der Waals surface area (Å²) in [6, 6.07) is 20.4. The van der Waals surface area contributed by atoms with Crippen molar-refractivity contribution in [1.82, 2.24) is 10.2 Å². The first-order valence-corrected chi connectivity index (χ1v) is 7.96. The van der Waals surface area contributed by atoms with Gasteiger partial charge in [0.1, 0.15) is 0 Å². The molecule has 3 nitrogen and oxygen atoms in total. The first-order chi connectivity index (χ1) is 10.4. The van der Waals surface area contributed by atoms with Gasteiger partial charge in [-0.1, -0.05) is 60.3 Å². The first-order valence-electron chi connectivity index (χ1n) is 6.97. The summed E-state index contributed by atoms with van der Waals surface area (Å²) in [5, 5.41) is 8.81. The molecule has 0 spiro atoms. The number of aromatic nitrogens is 2. The molecule has 0 saturated heterocycles. The maximum Gasteiger partial charge on any atom is 0.276 e. The minimum Gasteiger partial charge on any atom is -0.411 e. The summed E-state index contributed by atoms with van der Waals surface area (Å²) in [7, 11) is 0. The van der Waals surface area contributed by atoms with E-state index in [1.54, 1.807) is 11.8 Å². The third-order valence-corrected chi connectivity index (χ3v) is 4.01. The van der Waals surface area contributed by atoms with Crippen LogP contribution in [-0.4, -0.2) is 16.0 Å². The molecular weight excluding hydrogens is 280 g/mol. The molecule has 4 heteroatoms. The van der Waals surface area contributed by atoms with Gasteiger partial charge in [0.15, 0.2) is 0 Å². The zero-order valence-electron chi connectivity index (χ0n) is 11.6. The van der Waals surface area contributed by atoms with E-state index in [2.05, 4.69) is 34.5 Å². The normalized spacial score (nSPS) is 10.7. The van der Waals surface area contributed by atoms with Crippen molar-refractivity contribution in [2.45, 2.75) is 18.1 Å². The maximum atomic E-state index is 5.66. The van der Waals surface area contributed by atoms with Crippen molar-refractivity contribution in [3.63, 3.8) is 0 Å². The Morgan fingerprint density at radius 2 is 1.57 bits per heavy atom. The molecule has 0 aliphatic rings. The maximum absolute atomic E-state index is 5.66. The number of hydrogen-bond donors (Lipinski definition) is 0. The smallest absolute Gasteiger partial charge is 0.276 e. The first kappa shape index (κ1) is 13.9. The minimum absolute atomic E-state index is 0.584. The molecule has 1 heterocycles. The Kier molecular flexibility index (Phi) is 4.69. The Morgan fingerprint density at radius 1 is 0.857 bits per heavy atom. The van der Waals surface area contributed by atoms with Gasteiger partial charge in [0, 0.05) is 11.3 Å². The highest BCUT2D eigenvalue weighted by Gasteiger charge is 2.08. The molecule has 0 amide bonds. The van der Waals surface area contributed by atoms with Gasteiger partial charge < -0.3 is 4.42 Å². The monoisotopic (exact) mass is 296 g/mol. The van der Waals surface area contributed by atoms with E-state index in [1.807, 2.05) is 36.4 Å². The summed E-state index contributed by atoms with van der Waals surface area (Å²) in [6.45, 7) is 0. The van der Waals surface area contributed by atoms with Crippen LogP contribution >= 0.6 is 11.8 Å². The van der Waals surface area contributed by atoms with Crippen LogP contribution in [-0.2, 0) is 6.42 Å². The number of thioether (sulfide) groups is 1. The van der Waals surface area contributed by atoms with E-state index in [1.165, 1.54) is 5.56 Å². The lowest BCUT2D eigenvalue weighted by Crippen LogP contribution is -1.87. The second kappa shape index (κ2) is 7.09. The van der Waals surface area contributed by atoms with Crippen LogP contribution in [0.4, 0.5) is 0 Å². The topological polar surface area (TPSA) is 38.9 Å². The Morgan fingerprint density at radius 3 is 2.33 bits per heavy atom. The number of benzene rings is 2. The molecule has 0 aliphatic heterocycles. The molecule has 0 atom stereocenters. The highest BCUT2D eigenvalue weighted by atomic mass is 32.2. The molecule has 0 N–H and O–H groups in total. The lowest BCUT2D eigenvalue weighted by molar-refractivity contribution is 0.466.